The normalized spacial score (nSPS) is 10.6. The summed E-state index contributed by atoms with van der Waals surface area (Å²) in [7, 11) is 0. The van der Waals surface area contributed by atoms with Crippen LogP contribution < -0.4 is 5.43 Å². The van der Waals surface area contributed by atoms with Crippen LogP contribution in [0.5, 0.6) is 0 Å². The first kappa shape index (κ1) is 13.5. The van der Waals surface area contributed by atoms with Crippen LogP contribution in [-0.4, -0.2) is 11.1 Å². The van der Waals surface area contributed by atoms with E-state index in [0.29, 0.717) is 0 Å². The van der Waals surface area contributed by atoms with Crippen LogP contribution in [-0.2, 0) is 0 Å². The Morgan fingerprint density at radius 2 is 1.95 bits per heavy atom. The summed E-state index contributed by atoms with van der Waals surface area (Å²) < 4.78 is 0.783. The first-order valence-corrected chi connectivity index (χ1v) is 6.53. The van der Waals surface area contributed by atoms with E-state index in [0.717, 1.165) is 14.8 Å². The molecule has 0 aliphatic heterocycles. The van der Waals surface area contributed by atoms with Gasteiger partial charge >= 0.3 is 0 Å². The Hall–Kier alpha value is -1.96. The number of halogens is 1. The molecule has 19 heavy (non-hydrogen) atoms. The highest BCUT2D eigenvalue weighted by atomic mass is 127. The molecule has 2 rings (SSSR count). The second kappa shape index (κ2) is 6.28. The number of nitrogens with one attached hydrogen (secondary N) is 1. The van der Waals surface area contributed by atoms with Crippen molar-refractivity contribution in [1.29, 1.82) is 0 Å². The fourth-order valence-corrected chi connectivity index (χ4v) is 2.06. The lowest BCUT2D eigenvalue weighted by molar-refractivity contribution is -0.384. The summed E-state index contributed by atoms with van der Waals surface area (Å²) in [6.07, 6.45) is 1.64. The molecule has 0 atom stereocenters. The van der Waals surface area contributed by atoms with Gasteiger partial charge in [-0.3, -0.25) is 15.5 Å². The average Bonchev–Trinajstić information content (AvgIpc) is 2.41. The summed E-state index contributed by atoms with van der Waals surface area (Å²) in [5.74, 6) is 0. The predicted molar refractivity (Wildman–Crippen MR) is 83.5 cm³/mol. The van der Waals surface area contributed by atoms with Crippen molar-refractivity contribution < 1.29 is 4.92 Å². The second-order valence-electron chi connectivity index (χ2n) is 3.70. The van der Waals surface area contributed by atoms with Gasteiger partial charge in [0.05, 0.1) is 16.8 Å². The van der Waals surface area contributed by atoms with E-state index in [9.17, 15) is 10.1 Å². The van der Waals surface area contributed by atoms with Crippen LogP contribution in [0, 0.1) is 13.7 Å². The summed E-state index contributed by atoms with van der Waals surface area (Å²) in [4.78, 5) is 10.2. The van der Waals surface area contributed by atoms with Gasteiger partial charge in [-0.15, -0.1) is 0 Å². The van der Waals surface area contributed by atoms with Gasteiger partial charge in [-0.2, -0.15) is 5.10 Å². The SMILES string of the molecule is O=[N+]([O-])c1ccc(C=NNc2ccccc2)c(I)c1. The van der Waals surface area contributed by atoms with Crippen molar-refractivity contribution in [3.8, 4) is 0 Å². The minimum atomic E-state index is -0.411. The quantitative estimate of drug-likeness (QED) is 0.388. The maximum atomic E-state index is 10.6. The highest BCUT2D eigenvalue weighted by Crippen LogP contribution is 2.18. The number of nitro groups is 1. The van der Waals surface area contributed by atoms with Gasteiger partial charge in [0, 0.05) is 21.3 Å². The molecule has 0 aromatic heterocycles. The van der Waals surface area contributed by atoms with E-state index in [4.69, 9.17) is 0 Å². The number of rotatable bonds is 4. The third-order valence-electron chi connectivity index (χ3n) is 2.37. The third kappa shape index (κ3) is 3.75. The zero-order valence-electron chi connectivity index (χ0n) is 9.79. The van der Waals surface area contributed by atoms with Crippen LogP contribution in [0.3, 0.4) is 0 Å². The number of hydrogen-bond donors (Lipinski definition) is 1. The Bertz CT molecular complexity index is 615. The van der Waals surface area contributed by atoms with Gasteiger partial charge in [0.15, 0.2) is 0 Å². The Morgan fingerprint density at radius 1 is 1.21 bits per heavy atom. The highest BCUT2D eigenvalue weighted by molar-refractivity contribution is 14.1. The van der Waals surface area contributed by atoms with Crippen molar-refractivity contribution in [3.63, 3.8) is 0 Å². The Morgan fingerprint density at radius 3 is 2.58 bits per heavy atom. The number of anilines is 1. The van der Waals surface area contributed by atoms with Crippen molar-refractivity contribution in [2.75, 3.05) is 5.43 Å². The molecule has 0 saturated carbocycles. The van der Waals surface area contributed by atoms with E-state index in [1.165, 1.54) is 12.1 Å². The molecule has 0 unspecified atom stereocenters. The Labute approximate surface area is 123 Å². The molecular formula is C13H10IN3O2. The van der Waals surface area contributed by atoms with Crippen LogP contribution in [0.4, 0.5) is 11.4 Å². The van der Waals surface area contributed by atoms with Gasteiger partial charge in [-0.25, -0.2) is 0 Å². The zero-order chi connectivity index (χ0) is 13.7. The summed E-state index contributed by atoms with van der Waals surface area (Å²) >= 11 is 2.05. The number of nitro benzene ring substituents is 1. The van der Waals surface area contributed by atoms with Crippen molar-refractivity contribution >= 4 is 40.2 Å². The van der Waals surface area contributed by atoms with Gasteiger partial charge in [-0.1, -0.05) is 18.2 Å². The first-order valence-electron chi connectivity index (χ1n) is 5.45. The van der Waals surface area contributed by atoms with Gasteiger partial charge in [0.25, 0.3) is 5.69 Å². The van der Waals surface area contributed by atoms with E-state index in [1.807, 2.05) is 30.3 Å². The molecule has 0 radical (unpaired) electrons. The molecule has 0 aliphatic carbocycles. The Kier molecular flexibility index (Phi) is 4.45. The predicted octanol–water partition coefficient (Wildman–Crippen LogP) is 3.65. The molecular weight excluding hydrogens is 357 g/mol. The molecule has 5 nitrogen and oxygen atoms in total. The van der Waals surface area contributed by atoms with Gasteiger partial charge < -0.3 is 0 Å². The molecule has 2 aromatic carbocycles. The number of non-ortho nitro benzene ring substituents is 1. The number of hydrogen-bond acceptors (Lipinski definition) is 4. The second-order valence-corrected chi connectivity index (χ2v) is 4.86. The summed E-state index contributed by atoms with van der Waals surface area (Å²) in [5, 5.41) is 14.7. The van der Waals surface area contributed by atoms with E-state index >= 15 is 0 Å². The minimum Gasteiger partial charge on any atom is -0.279 e. The van der Waals surface area contributed by atoms with E-state index in [2.05, 4.69) is 33.1 Å². The molecule has 0 spiro atoms. The number of hydrazone groups is 1. The van der Waals surface area contributed by atoms with Crippen LogP contribution in [0.15, 0.2) is 53.6 Å². The highest BCUT2D eigenvalue weighted by Gasteiger charge is 2.07. The molecule has 0 saturated heterocycles. The van der Waals surface area contributed by atoms with Crippen LogP contribution in [0.1, 0.15) is 5.56 Å². The molecule has 0 heterocycles. The fraction of sp³-hybridized carbons (Fsp3) is 0. The van der Waals surface area contributed by atoms with Crippen LogP contribution in [0.2, 0.25) is 0 Å². The van der Waals surface area contributed by atoms with Gasteiger partial charge in [0.2, 0.25) is 0 Å². The van der Waals surface area contributed by atoms with Crippen LogP contribution >= 0.6 is 22.6 Å². The van der Waals surface area contributed by atoms with Crippen molar-refractivity contribution in [3.05, 3.63) is 67.8 Å². The lowest BCUT2D eigenvalue weighted by Crippen LogP contribution is -1.94. The molecule has 0 amide bonds. The van der Waals surface area contributed by atoms with Crippen molar-refractivity contribution in [1.82, 2.24) is 0 Å². The first-order chi connectivity index (χ1) is 9.16. The Balaban J connectivity index is 2.09. The number of benzene rings is 2. The maximum Gasteiger partial charge on any atom is 0.270 e. The molecule has 2 aromatic rings. The standard InChI is InChI=1S/C13H10IN3O2/c14-13-8-12(17(18)19)7-6-10(13)9-15-16-11-4-2-1-3-5-11/h1-9,16H. The smallest absolute Gasteiger partial charge is 0.270 e. The van der Waals surface area contributed by atoms with Crippen LogP contribution in [0.25, 0.3) is 0 Å². The molecule has 1 N–H and O–H groups in total. The average molecular weight is 367 g/mol. The molecule has 0 fully saturated rings. The van der Waals surface area contributed by atoms with Crippen molar-refractivity contribution in [2.45, 2.75) is 0 Å². The molecule has 0 aliphatic rings. The topological polar surface area (TPSA) is 67.5 Å². The summed E-state index contributed by atoms with van der Waals surface area (Å²) in [5.41, 5.74) is 4.68. The minimum absolute atomic E-state index is 0.0811. The molecule has 6 heteroatoms. The number of nitrogens with zero attached hydrogens (tertiary/aromatic N) is 2. The largest absolute Gasteiger partial charge is 0.279 e. The zero-order valence-corrected chi connectivity index (χ0v) is 11.9. The van der Waals surface area contributed by atoms with E-state index in [-0.39, 0.29) is 5.69 Å². The van der Waals surface area contributed by atoms with Crippen molar-refractivity contribution in [2.24, 2.45) is 5.10 Å². The monoisotopic (exact) mass is 367 g/mol. The lowest BCUT2D eigenvalue weighted by Gasteiger charge is -2.00. The van der Waals surface area contributed by atoms with E-state index < -0.39 is 4.92 Å². The summed E-state index contributed by atoms with van der Waals surface area (Å²) in [6, 6.07) is 14.2. The lowest BCUT2D eigenvalue weighted by atomic mass is 10.2. The number of para-hydroxylation sites is 1. The summed E-state index contributed by atoms with van der Waals surface area (Å²) in [6.45, 7) is 0. The third-order valence-corrected chi connectivity index (χ3v) is 3.30. The molecule has 0 bridgehead atoms. The fourth-order valence-electron chi connectivity index (χ4n) is 1.42. The van der Waals surface area contributed by atoms with E-state index in [1.54, 1.807) is 12.3 Å². The maximum absolute atomic E-state index is 10.6. The van der Waals surface area contributed by atoms with Gasteiger partial charge in [-0.05, 0) is 40.8 Å². The molecule has 96 valence electrons. The van der Waals surface area contributed by atoms with Gasteiger partial charge in [0.1, 0.15) is 0 Å².